The molecule has 0 spiro atoms. The lowest BCUT2D eigenvalue weighted by atomic mass is 10.2. The summed E-state index contributed by atoms with van der Waals surface area (Å²) in [4.78, 5) is 53.2. The van der Waals surface area contributed by atoms with Gasteiger partial charge in [-0.2, -0.15) is 0 Å². The van der Waals surface area contributed by atoms with E-state index in [1.54, 1.807) is 48.3 Å². The van der Waals surface area contributed by atoms with Crippen molar-refractivity contribution in [3.8, 4) is 0 Å². The Labute approximate surface area is 247 Å². The highest BCUT2D eigenvalue weighted by atomic mass is 32.2. The zero-order valence-electron chi connectivity index (χ0n) is 24.9. The molecule has 0 fully saturated rings. The van der Waals surface area contributed by atoms with E-state index in [1.165, 1.54) is 39.3 Å². The topological polar surface area (TPSA) is 147 Å². The molecule has 2 aromatic rings. The van der Waals surface area contributed by atoms with E-state index in [-0.39, 0.29) is 6.61 Å². The molecular weight excluding hydrogens is 544 g/mol. The van der Waals surface area contributed by atoms with Crippen LogP contribution in [0.15, 0.2) is 47.6 Å². The fourth-order valence-corrected chi connectivity index (χ4v) is 4.47. The molecule has 2 rings (SSSR count). The standard InChI is InChI=1S/C25H32N4O6S.C5H12/c1-5-20(6-2)36-21-11-18(12-26-13-21)24(32)28-15(3)22(30)27-16(4)23(31)29-19-9-7-17(8-10-19)14-35-25(33)34;1-3-5-4-2/h7-13,15-16,20H,5-6,14H2,1-4H3,(H,27,30)(H,28,32)(H,29,31)(H,33,34);3-5H2,1-2H3. The number of hydrogen-bond acceptors (Lipinski definition) is 7. The number of nitrogens with zero attached hydrogens (tertiary/aromatic N) is 1. The Kier molecular flexibility index (Phi) is 16.8. The van der Waals surface area contributed by atoms with Crippen LogP contribution in [-0.4, -0.2) is 51.3 Å². The predicted molar refractivity (Wildman–Crippen MR) is 162 cm³/mol. The van der Waals surface area contributed by atoms with E-state index in [2.05, 4.69) is 53.4 Å². The van der Waals surface area contributed by atoms with Gasteiger partial charge in [-0.3, -0.25) is 19.4 Å². The zero-order chi connectivity index (χ0) is 30.8. The van der Waals surface area contributed by atoms with E-state index >= 15 is 0 Å². The summed E-state index contributed by atoms with van der Waals surface area (Å²) in [7, 11) is 0. The Morgan fingerprint density at radius 2 is 1.51 bits per heavy atom. The van der Waals surface area contributed by atoms with Crippen LogP contribution in [-0.2, 0) is 20.9 Å². The van der Waals surface area contributed by atoms with Crippen molar-refractivity contribution < 1.29 is 29.0 Å². The molecule has 41 heavy (non-hydrogen) atoms. The molecule has 0 aliphatic carbocycles. The van der Waals surface area contributed by atoms with Gasteiger partial charge in [-0.15, -0.1) is 11.8 Å². The number of thioether (sulfide) groups is 1. The van der Waals surface area contributed by atoms with Gasteiger partial charge in [0.05, 0.1) is 5.56 Å². The van der Waals surface area contributed by atoms with Crippen molar-refractivity contribution in [2.45, 2.75) is 102 Å². The lowest BCUT2D eigenvalue weighted by Crippen LogP contribution is -2.50. The summed E-state index contributed by atoms with van der Waals surface area (Å²) < 4.78 is 4.49. The summed E-state index contributed by atoms with van der Waals surface area (Å²) in [6, 6.07) is 6.44. The number of unbranched alkanes of at least 4 members (excludes halogenated alkanes) is 2. The third-order valence-corrected chi connectivity index (χ3v) is 7.47. The second-order valence-electron chi connectivity index (χ2n) is 9.49. The molecule has 0 saturated heterocycles. The minimum absolute atomic E-state index is 0.100. The fourth-order valence-electron chi connectivity index (χ4n) is 3.44. The number of rotatable bonds is 14. The highest BCUT2D eigenvalue weighted by Crippen LogP contribution is 2.27. The van der Waals surface area contributed by atoms with E-state index in [9.17, 15) is 19.2 Å². The van der Waals surface area contributed by atoms with Gasteiger partial charge in [-0.1, -0.05) is 59.1 Å². The number of carboxylic acid groups (broad SMARTS) is 1. The lowest BCUT2D eigenvalue weighted by Gasteiger charge is -2.18. The van der Waals surface area contributed by atoms with Gasteiger partial charge in [0.2, 0.25) is 11.8 Å². The predicted octanol–water partition coefficient (Wildman–Crippen LogP) is 6.02. The number of anilines is 1. The van der Waals surface area contributed by atoms with Crippen molar-refractivity contribution in [2.75, 3.05) is 5.32 Å². The first-order valence-corrected chi connectivity index (χ1v) is 14.9. The maximum absolute atomic E-state index is 12.6. The fraction of sp³-hybridized carbons (Fsp3) is 0.500. The van der Waals surface area contributed by atoms with E-state index in [1.807, 2.05) is 0 Å². The van der Waals surface area contributed by atoms with Gasteiger partial charge in [0.1, 0.15) is 18.7 Å². The van der Waals surface area contributed by atoms with Crippen molar-refractivity contribution in [3.05, 3.63) is 53.9 Å². The first-order chi connectivity index (χ1) is 19.5. The summed E-state index contributed by atoms with van der Waals surface area (Å²) >= 11 is 1.67. The smallest absolute Gasteiger partial charge is 0.450 e. The number of amides is 3. The largest absolute Gasteiger partial charge is 0.506 e. The molecule has 1 aromatic heterocycles. The lowest BCUT2D eigenvalue weighted by molar-refractivity contribution is -0.127. The molecule has 0 radical (unpaired) electrons. The van der Waals surface area contributed by atoms with E-state index in [4.69, 9.17) is 5.11 Å². The summed E-state index contributed by atoms with van der Waals surface area (Å²) in [5, 5.41) is 16.9. The van der Waals surface area contributed by atoms with E-state index < -0.39 is 36.0 Å². The van der Waals surface area contributed by atoms with Crippen molar-refractivity contribution in [3.63, 3.8) is 0 Å². The van der Waals surface area contributed by atoms with Crippen LogP contribution in [0.2, 0.25) is 0 Å². The van der Waals surface area contributed by atoms with Gasteiger partial charge in [0, 0.05) is 28.2 Å². The normalized spacial score (nSPS) is 11.9. The Morgan fingerprint density at radius 3 is 2.05 bits per heavy atom. The molecule has 2 atom stereocenters. The van der Waals surface area contributed by atoms with Crippen molar-refractivity contribution in [1.29, 1.82) is 0 Å². The van der Waals surface area contributed by atoms with Gasteiger partial charge in [-0.05, 0) is 50.5 Å². The highest BCUT2D eigenvalue weighted by molar-refractivity contribution is 8.00. The van der Waals surface area contributed by atoms with Crippen LogP contribution in [0.4, 0.5) is 10.5 Å². The average Bonchev–Trinajstić information content (AvgIpc) is 2.96. The number of ether oxygens (including phenoxy) is 1. The molecule has 1 heterocycles. The molecule has 0 aliphatic rings. The molecule has 4 N–H and O–H groups in total. The Balaban J connectivity index is 0.00000154. The number of carbonyl (C=O) groups is 4. The number of hydrogen-bond donors (Lipinski definition) is 4. The van der Waals surface area contributed by atoms with E-state index in [0.29, 0.717) is 22.1 Å². The number of nitrogens with one attached hydrogen (secondary N) is 3. The third-order valence-electron chi connectivity index (χ3n) is 5.97. The number of benzene rings is 1. The van der Waals surface area contributed by atoms with Crippen LogP contribution in [0, 0.1) is 0 Å². The number of carbonyl (C=O) groups excluding carboxylic acids is 3. The SMILES string of the molecule is CCC(CC)Sc1cncc(C(=O)NC(C)C(=O)NC(C)C(=O)Nc2ccc(COC(=O)O)cc2)c1.CCCCC. The molecule has 2 unspecified atom stereocenters. The van der Waals surface area contributed by atoms with E-state index in [0.717, 1.165) is 17.7 Å². The zero-order valence-corrected chi connectivity index (χ0v) is 25.7. The minimum atomic E-state index is -1.37. The maximum atomic E-state index is 12.6. The monoisotopic (exact) mass is 588 g/mol. The number of aromatic nitrogens is 1. The van der Waals surface area contributed by atoms with Crippen LogP contribution >= 0.6 is 11.8 Å². The third kappa shape index (κ3) is 14.0. The first-order valence-electron chi connectivity index (χ1n) is 14.0. The molecule has 0 aliphatic heterocycles. The molecule has 11 heteroatoms. The molecule has 226 valence electrons. The van der Waals surface area contributed by atoms with Crippen LogP contribution in [0.5, 0.6) is 0 Å². The van der Waals surface area contributed by atoms with Gasteiger partial charge >= 0.3 is 6.16 Å². The van der Waals surface area contributed by atoms with Gasteiger partial charge < -0.3 is 25.8 Å². The van der Waals surface area contributed by atoms with Crippen LogP contribution in [0.25, 0.3) is 0 Å². The van der Waals surface area contributed by atoms with Gasteiger partial charge in [0.15, 0.2) is 0 Å². The first kappa shape index (κ1) is 35.4. The van der Waals surface area contributed by atoms with Gasteiger partial charge in [0.25, 0.3) is 5.91 Å². The summed E-state index contributed by atoms with van der Waals surface area (Å²) in [5.41, 5.74) is 1.45. The van der Waals surface area contributed by atoms with Crippen LogP contribution in [0.1, 0.15) is 89.6 Å². The van der Waals surface area contributed by atoms with Gasteiger partial charge in [-0.25, -0.2) is 4.79 Å². The highest BCUT2D eigenvalue weighted by Gasteiger charge is 2.22. The Morgan fingerprint density at radius 1 is 0.902 bits per heavy atom. The summed E-state index contributed by atoms with van der Waals surface area (Å²) in [6.07, 6.45) is 7.89. The molecule has 10 nitrogen and oxygen atoms in total. The molecule has 0 saturated carbocycles. The minimum Gasteiger partial charge on any atom is -0.450 e. The second kappa shape index (κ2) is 19.5. The van der Waals surface area contributed by atoms with Crippen LogP contribution < -0.4 is 16.0 Å². The van der Waals surface area contributed by atoms with Crippen LogP contribution in [0.3, 0.4) is 0 Å². The average molecular weight is 589 g/mol. The van der Waals surface area contributed by atoms with Crippen molar-refractivity contribution in [2.24, 2.45) is 0 Å². The molecule has 0 bridgehead atoms. The Hall–Kier alpha value is -3.60. The summed E-state index contributed by atoms with van der Waals surface area (Å²) in [6.45, 7) is 11.6. The maximum Gasteiger partial charge on any atom is 0.506 e. The van der Waals surface area contributed by atoms with Crippen molar-refractivity contribution >= 4 is 41.3 Å². The second-order valence-corrected chi connectivity index (χ2v) is 10.9. The molecule has 1 aromatic carbocycles. The van der Waals surface area contributed by atoms with Crippen molar-refractivity contribution in [1.82, 2.24) is 15.6 Å². The Bertz CT molecular complexity index is 1110. The number of pyridine rings is 1. The molecule has 3 amide bonds. The quantitative estimate of drug-likeness (QED) is 0.155. The summed E-state index contributed by atoms with van der Waals surface area (Å²) in [5.74, 6) is -1.39. The molecular formula is C30H44N4O6S.